The van der Waals surface area contributed by atoms with E-state index in [9.17, 15) is 0 Å². The van der Waals surface area contributed by atoms with E-state index in [0.717, 1.165) is 16.5 Å². The van der Waals surface area contributed by atoms with Crippen LogP contribution in [0.2, 0.25) is 10.0 Å². The highest BCUT2D eigenvalue weighted by Gasteiger charge is 2.18. The Kier molecular flexibility index (Phi) is 2.01. The van der Waals surface area contributed by atoms with Crippen LogP contribution in [0, 0.1) is 6.07 Å². The quantitative estimate of drug-likeness (QED) is 0.542. The van der Waals surface area contributed by atoms with E-state index < -0.39 is 0 Å². The molecular formula is C13H7Cl2. The Balaban J connectivity index is 2.28. The van der Waals surface area contributed by atoms with Gasteiger partial charge in [-0.25, -0.2) is 0 Å². The van der Waals surface area contributed by atoms with Crippen molar-refractivity contribution in [3.8, 4) is 11.1 Å². The first kappa shape index (κ1) is 9.26. The van der Waals surface area contributed by atoms with Crippen LogP contribution in [0.4, 0.5) is 0 Å². The molecule has 0 bridgehead atoms. The fourth-order valence-corrected chi connectivity index (χ4v) is 2.37. The molecule has 2 aromatic carbocycles. The first-order chi connectivity index (χ1) is 7.24. The molecule has 0 atom stereocenters. The van der Waals surface area contributed by atoms with Crippen LogP contribution < -0.4 is 0 Å². The minimum atomic E-state index is 0.724. The lowest BCUT2D eigenvalue weighted by molar-refractivity contribution is 1.26. The standard InChI is InChI=1S/C13H7Cl2/c14-10-3-1-8-5-9-2-4-11(15)7-13(9)12(8)6-10/h1,3-4,6-7H,5H2. The summed E-state index contributed by atoms with van der Waals surface area (Å²) in [6, 6.07) is 13.0. The molecule has 0 spiro atoms. The molecule has 0 saturated carbocycles. The number of rotatable bonds is 0. The highest BCUT2D eigenvalue weighted by atomic mass is 35.5. The Morgan fingerprint density at radius 2 is 1.80 bits per heavy atom. The van der Waals surface area contributed by atoms with Gasteiger partial charge in [0.15, 0.2) is 0 Å². The summed E-state index contributed by atoms with van der Waals surface area (Å²) < 4.78 is 0. The maximum absolute atomic E-state index is 5.99. The second kappa shape index (κ2) is 3.26. The molecule has 0 amide bonds. The summed E-state index contributed by atoms with van der Waals surface area (Å²) in [5.74, 6) is 0. The monoisotopic (exact) mass is 233 g/mol. The van der Waals surface area contributed by atoms with Gasteiger partial charge in [0.1, 0.15) is 0 Å². The highest BCUT2D eigenvalue weighted by molar-refractivity contribution is 6.31. The molecule has 0 nitrogen and oxygen atoms in total. The van der Waals surface area contributed by atoms with Gasteiger partial charge in [-0.3, -0.25) is 0 Å². The molecule has 0 saturated heterocycles. The van der Waals surface area contributed by atoms with E-state index in [1.54, 1.807) is 0 Å². The summed E-state index contributed by atoms with van der Waals surface area (Å²) in [7, 11) is 0. The third-order valence-electron chi connectivity index (χ3n) is 2.72. The van der Waals surface area contributed by atoms with E-state index in [2.05, 4.69) is 12.1 Å². The summed E-state index contributed by atoms with van der Waals surface area (Å²) in [5.41, 5.74) is 4.86. The Morgan fingerprint density at radius 3 is 2.67 bits per heavy atom. The van der Waals surface area contributed by atoms with Crippen LogP contribution in [-0.4, -0.2) is 0 Å². The van der Waals surface area contributed by atoms with Gasteiger partial charge in [-0.05, 0) is 59.0 Å². The van der Waals surface area contributed by atoms with Crippen LogP contribution in [-0.2, 0) is 6.42 Å². The number of fused-ring (bicyclic) bond motifs is 3. The van der Waals surface area contributed by atoms with E-state index in [4.69, 9.17) is 23.2 Å². The summed E-state index contributed by atoms with van der Waals surface area (Å²) >= 11 is 12.0. The molecule has 73 valence electrons. The Morgan fingerprint density at radius 1 is 1.00 bits per heavy atom. The van der Waals surface area contributed by atoms with E-state index in [-0.39, 0.29) is 0 Å². The van der Waals surface area contributed by atoms with Crippen LogP contribution in [0.3, 0.4) is 0 Å². The van der Waals surface area contributed by atoms with E-state index in [1.165, 1.54) is 22.3 Å². The zero-order valence-corrected chi connectivity index (χ0v) is 9.36. The van der Waals surface area contributed by atoms with Crippen LogP contribution in [0.1, 0.15) is 11.1 Å². The van der Waals surface area contributed by atoms with Crippen molar-refractivity contribution >= 4 is 23.2 Å². The van der Waals surface area contributed by atoms with Crippen LogP contribution in [0.5, 0.6) is 0 Å². The number of hydrogen-bond donors (Lipinski definition) is 0. The molecule has 3 rings (SSSR count). The molecule has 0 unspecified atom stereocenters. The number of hydrogen-bond acceptors (Lipinski definition) is 0. The van der Waals surface area contributed by atoms with Gasteiger partial charge in [-0.1, -0.05) is 29.3 Å². The third-order valence-corrected chi connectivity index (χ3v) is 3.17. The molecule has 2 aromatic rings. The maximum Gasteiger partial charge on any atom is 0.0418 e. The smallest absolute Gasteiger partial charge is 0.0418 e. The van der Waals surface area contributed by atoms with Crippen molar-refractivity contribution in [2.24, 2.45) is 0 Å². The molecule has 0 aliphatic heterocycles. The van der Waals surface area contributed by atoms with E-state index >= 15 is 0 Å². The molecule has 0 fully saturated rings. The minimum absolute atomic E-state index is 0.724. The average molecular weight is 234 g/mol. The summed E-state index contributed by atoms with van der Waals surface area (Å²) in [4.78, 5) is 0. The van der Waals surface area contributed by atoms with Crippen LogP contribution in [0.25, 0.3) is 11.1 Å². The fourth-order valence-electron chi connectivity index (χ4n) is 2.03. The lowest BCUT2D eigenvalue weighted by Gasteiger charge is -2.01. The van der Waals surface area contributed by atoms with Crippen molar-refractivity contribution in [2.75, 3.05) is 0 Å². The summed E-state index contributed by atoms with van der Waals surface area (Å²) in [6.45, 7) is 0. The lowest BCUT2D eigenvalue weighted by atomic mass is 10.1. The molecule has 0 N–H and O–H groups in total. The lowest BCUT2D eigenvalue weighted by Crippen LogP contribution is -1.79. The molecule has 0 heterocycles. The Labute approximate surface area is 98.5 Å². The molecule has 1 aliphatic rings. The van der Waals surface area contributed by atoms with Gasteiger partial charge in [0.05, 0.1) is 0 Å². The van der Waals surface area contributed by atoms with Crippen molar-refractivity contribution in [1.82, 2.24) is 0 Å². The van der Waals surface area contributed by atoms with Crippen molar-refractivity contribution in [3.05, 3.63) is 57.6 Å². The van der Waals surface area contributed by atoms with E-state index in [1.807, 2.05) is 24.3 Å². The fraction of sp³-hybridized carbons (Fsp3) is 0.0769. The average Bonchev–Trinajstić information content (AvgIpc) is 2.56. The zero-order valence-electron chi connectivity index (χ0n) is 7.85. The summed E-state index contributed by atoms with van der Waals surface area (Å²) in [5, 5.41) is 1.49. The highest BCUT2D eigenvalue weighted by Crippen LogP contribution is 2.38. The maximum atomic E-state index is 5.99. The topological polar surface area (TPSA) is 0 Å². The van der Waals surface area contributed by atoms with Gasteiger partial charge in [0.25, 0.3) is 0 Å². The SMILES string of the molecule is Clc1c[c]c2c(c1)-c1cc(Cl)ccc1C2. The van der Waals surface area contributed by atoms with Gasteiger partial charge in [-0.15, -0.1) is 0 Å². The third kappa shape index (κ3) is 1.45. The predicted octanol–water partition coefficient (Wildman–Crippen LogP) is 4.36. The largest absolute Gasteiger partial charge is 0.0843 e. The van der Waals surface area contributed by atoms with Gasteiger partial charge >= 0.3 is 0 Å². The Bertz CT molecular complexity index is 495. The van der Waals surface area contributed by atoms with Gasteiger partial charge in [0.2, 0.25) is 0 Å². The van der Waals surface area contributed by atoms with Gasteiger partial charge in [-0.2, -0.15) is 0 Å². The van der Waals surface area contributed by atoms with Gasteiger partial charge in [0, 0.05) is 10.0 Å². The second-order valence-corrected chi connectivity index (χ2v) is 4.56. The number of halogens is 2. The molecule has 1 aliphatic carbocycles. The van der Waals surface area contributed by atoms with Crippen molar-refractivity contribution in [2.45, 2.75) is 6.42 Å². The molecule has 2 heteroatoms. The zero-order chi connectivity index (χ0) is 10.4. The predicted molar refractivity (Wildman–Crippen MR) is 63.5 cm³/mol. The van der Waals surface area contributed by atoms with Crippen LogP contribution >= 0.6 is 23.2 Å². The second-order valence-electron chi connectivity index (χ2n) is 3.69. The molecule has 1 radical (unpaired) electrons. The summed E-state index contributed by atoms with van der Waals surface area (Å²) in [6.07, 6.45) is 0.930. The van der Waals surface area contributed by atoms with Crippen LogP contribution in [0.15, 0.2) is 30.3 Å². The first-order valence-corrected chi connectivity index (χ1v) is 5.48. The van der Waals surface area contributed by atoms with Crippen molar-refractivity contribution in [1.29, 1.82) is 0 Å². The van der Waals surface area contributed by atoms with Crippen molar-refractivity contribution in [3.63, 3.8) is 0 Å². The van der Waals surface area contributed by atoms with Crippen molar-refractivity contribution < 1.29 is 0 Å². The minimum Gasteiger partial charge on any atom is -0.0843 e. The van der Waals surface area contributed by atoms with E-state index in [0.29, 0.717) is 0 Å². The normalized spacial score (nSPS) is 12.4. The first-order valence-electron chi connectivity index (χ1n) is 4.73. The number of benzene rings is 2. The Hall–Kier alpha value is -0.980. The van der Waals surface area contributed by atoms with Gasteiger partial charge < -0.3 is 0 Å². The molecule has 15 heavy (non-hydrogen) atoms. The molecule has 0 aromatic heterocycles. The molecular weight excluding hydrogens is 227 g/mol.